The summed E-state index contributed by atoms with van der Waals surface area (Å²) in [5.74, 6) is 0.309. The van der Waals surface area contributed by atoms with Gasteiger partial charge >= 0.3 is 0 Å². The monoisotopic (exact) mass is 265 g/mol. The molecule has 1 aliphatic rings. The first-order chi connectivity index (χ1) is 9.00. The van der Waals surface area contributed by atoms with Crippen molar-refractivity contribution in [1.82, 2.24) is 5.32 Å². The van der Waals surface area contributed by atoms with Crippen LogP contribution in [0.1, 0.15) is 51.0 Å². The van der Waals surface area contributed by atoms with Crippen LogP contribution >= 0.6 is 0 Å². The van der Waals surface area contributed by atoms with Crippen LogP contribution in [-0.4, -0.2) is 23.3 Å². The minimum atomic E-state index is -0.612. The SMILES string of the molecule is CCCC(C)(O)CNC1CC(c2cccc(F)c2)C1. The molecule has 1 unspecified atom stereocenters. The molecule has 2 nitrogen and oxygen atoms in total. The average Bonchev–Trinajstić information content (AvgIpc) is 2.26. The van der Waals surface area contributed by atoms with E-state index in [9.17, 15) is 9.50 Å². The van der Waals surface area contributed by atoms with E-state index in [0.29, 0.717) is 18.5 Å². The van der Waals surface area contributed by atoms with Crippen molar-refractivity contribution in [2.24, 2.45) is 0 Å². The maximum absolute atomic E-state index is 13.1. The van der Waals surface area contributed by atoms with Gasteiger partial charge in [-0.05, 0) is 49.8 Å². The molecule has 2 N–H and O–H groups in total. The molecule has 0 heterocycles. The highest BCUT2D eigenvalue weighted by molar-refractivity contribution is 5.23. The summed E-state index contributed by atoms with van der Waals surface area (Å²) in [7, 11) is 0. The smallest absolute Gasteiger partial charge is 0.123 e. The molecule has 0 aromatic heterocycles. The first-order valence-electron chi connectivity index (χ1n) is 7.21. The van der Waals surface area contributed by atoms with E-state index >= 15 is 0 Å². The van der Waals surface area contributed by atoms with Gasteiger partial charge in [-0.1, -0.05) is 25.5 Å². The number of rotatable bonds is 6. The quantitative estimate of drug-likeness (QED) is 0.828. The average molecular weight is 265 g/mol. The normalized spacial score (nSPS) is 25.7. The molecule has 0 radical (unpaired) electrons. The number of nitrogens with one attached hydrogen (secondary N) is 1. The third kappa shape index (κ3) is 4.02. The van der Waals surface area contributed by atoms with Crippen molar-refractivity contribution in [2.45, 2.75) is 57.1 Å². The second-order valence-electron chi connectivity index (χ2n) is 6.05. The van der Waals surface area contributed by atoms with E-state index in [1.807, 2.05) is 13.0 Å². The van der Waals surface area contributed by atoms with Gasteiger partial charge in [0.1, 0.15) is 5.82 Å². The van der Waals surface area contributed by atoms with Gasteiger partial charge in [0, 0.05) is 12.6 Å². The van der Waals surface area contributed by atoms with Gasteiger partial charge in [-0.3, -0.25) is 0 Å². The van der Waals surface area contributed by atoms with Gasteiger partial charge < -0.3 is 10.4 Å². The van der Waals surface area contributed by atoms with Crippen molar-refractivity contribution in [3.8, 4) is 0 Å². The number of benzene rings is 1. The second-order valence-corrected chi connectivity index (χ2v) is 6.05. The van der Waals surface area contributed by atoms with E-state index in [2.05, 4.69) is 12.2 Å². The Balaban J connectivity index is 1.75. The van der Waals surface area contributed by atoms with Gasteiger partial charge in [0.2, 0.25) is 0 Å². The third-order valence-electron chi connectivity index (χ3n) is 4.02. The summed E-state index contributed by atoms with van der Waals surface area (Å²) in [6, 6.07) is 7.35. The molecule has 1 saturated carbocycles. The number of hydrogen-bond acceptors (Lipinski definition) is 2. The topological polar surface area (TPSA) is 32.3 Å². The Morgan fingerprint density at radius 1 is 1.42 bits per heavy atom. The maximum atomic E-state index is 13.1. The van der Waals surface area contributed by atoms with Gasteiger partial charge in [0.05, 0.1) is 5.60 Å². The Kier molecular flexibility index (Phi) is 4.58. The number of halogens is 1. The molecule has 0 aliphatic heterocycles. The van der Waals surface area contributed by atoms with E-state index in [-0.39, 0.29) is 5.82 Å². The molecule has 1 fully saturated rings. The fourth-order valence-electron chi connectivity index (χ4n) is 2.81. The van der Waals surface area contributed by atoms with E-state index in [0.717, 1.165) is 31.2 Å². The summed E-state index contributed by atoms with van der Waals surface area (Å²) in [5.41, 5.74) is 0.483. The molecule has 2 rings (SSSR count). The molecule has 3 heteroatoms. The van der Waals surface area contributed by atoms with Crippen molar-refractivity contribution in [2.75, 3.05) is 6.54 Å². The molecule has 1 atom stereocenters. The standard InChI is InChI=1S/C16H24FNO/c1-3-7-16(2,19)11-18-15-9-13(10-15)12-5-4-6-14(17)8-12/h4-6,8,13,15,18-19H,3,7,9-11H2,1-2H3. The van der Waals surface area contributed by atoms with Crippen LogP contribution in [0.3, 0.4) is 0 Å². The molecule has 0 amide bonds. The van der Waals surface area contributed by atoms with Gasteiger partial charge in [0.15, 0.2) is 0 Å². The van der Waals surface area contributed by atoms with E-state index in [1.165, 1.54) is 6.07 Å². The van der Waals surface area contributed by atoms with Crippen molar-refractivity contribution in [1.29, 1.82) is 0 Å². The summed E-state index contributed by atoms with van der Waals surface area (Å²) in [6.45, 7) is 4.60. The molecule has 0 saturated heterocycles. The molecule has 106 valence electrons. The third-order valence-corrected chi connectivity index (χ3v) is 4.02. The number of hydrogen-bond donors (Lipinski definition) is 2. The minimum absolute atomic E-state index is 0.153. The molecule has 1 aromatic carbocycles. The van der Waals surface area contributed by atoms with Crippen LogP contribution in [0.2, 0.25) is 0 Å². The summed E-state index contributed by atoms with van der Waals surface area (Å²) in [5, 5.41) is 13.5. The van der Waals surface area contributed by atoms with Crippen LogP contribution in [-0.2, 0) is 0 Å². The van der Waals surface area contributed by atoms with Crippen molar-refractivity contribution in [3.63, 3.8) is 0 Å². The number of aliphatic hydroxyl groups is 1. The summed E-state index contributed by atoms with van der Waals surface area (Å²) >= 11 is 0. The summed E-state index contributed by atoms with van der Waals surface area (Å²) in [6.07, 6.45) is 3.88. The second kappa shape index (κ2) is 6.02. The van der Waals surface area contributed by atoms with E-state index in [4.69, 9.17) is 0 Å². The van der Waals surface area contributed by atoms with Gasteiger partial charge in [0.25, 0.3) is 0 Å². The zero-order valence-electron chi connectivity index (χ0n) is 11.8. The lowest BCUT2D eigenvalue weighted by Gasteiger charge is -2.38. The van der Waals surface area contributed by atoms with Crippen LogP contribution < -0.4 is 5.32 Å². The molecule has 19 heavy (non-hydrogen) atoms. The Bertz CT molecular complexity index is 413. The Labute approximate surface area is 115 Å². The van der Waals surface area contributed by atoms with Crippen LogP contribution in [0.25, 0.3) is 0 Å². The zero-order chi connectivity index (χ0) is 13.9. The molecule has 0 spiro atoms. The summed E-state index contributed by atoms with van der Waals surface area (Å²) < 4.78 is 13.1. The van der Waals surface area contributed by atoms with Crippen molar-refractivity contribution < 1.29 is 9.50 Å². The first-order valence-corrected chi connectivity index (χ1v) is 7.21. The molecule has 1 aliphatic carbocycles. The Morgan fingerprint density at radius 3 is 2.79 bits per heavy atom. The molecular weight excluding hydrogens is 241 g/mol. The van der Waals surface area contributed by atoms with Gasteiger partial charge in [-0.25, -0.2) is 4.39 Å². The summed E-state index contributed by atoms with van der Waals surface area (Å²) in [4.78, 5) is 0. The predicted octanol–water partition coefficient (Wildman–Crippen LogP) is 3.21. The fraction of sp³-hybridized carbons (Fsp3) is 0.625. The highest BCUT2D eigenvalue weighted by Gasteiger charge is 2.31. The zero-order valence-corrected chi connectivity index (χ0v) is 11.8. The van der Waals surface area contributed by atoms with E-state index < -0.39 is 5.60 Å². The van der Waals surface area contributed by atoms with Crippen LogP contribution in [0.5, 0.6) is 0 Å². The van der Waals surface area contributed by atoms with Crippen molar-refractivity contribution >= 4 is 0 Å². The van der Waals surface area contributed by atoms with Crippen molar-refractivity contribution in [3.05, 3.63) is 35.6 Å². The van der Waals surface area contributed by atoms with E-state index in [1.54, 1.807) is 12.1 Å². The maximum Gasteiger partial charge on any atom is 0.123 e. The first kappa shape index (κ1) is 14.5. The minimum Gasteiger partial charge on any atom is -0.389 e. The lowest BCUT2D eigenvalue weighted by Crippen LogP contribution is -2.47. The Hall–Kier alpha value is -0.930. The highest BCUT2D eigenvalue weighted by atomic mass is 19.1. The fourth-order valence-corrected chi connectivity index (χ4v) is 2.81. The Morgan fingerprint density at radius 2 is 2.16 bits per heavy atom. The molecule has 1 aromatic rings. The molecule has 0 bridgehead atoms. The lowest BCUT2D eigenvalue weighted by molar-refractivity contribution is 0.0428. The van der Waals surface area contributed by atoms with Crippen LogP contribution in [0.4, 0.5) is 4.39 Å². The van der Waals surface area contributed by atoms with Crippen LogP contribution in [0, 0.1) is 5.82 Å². The molecular formula is C16H24FNO. The highest BCUT2D eigenvalue weighted by Crippen LogP contribution is 2.37. The van der Waals surface area contributed by atoms with Gasteiger partial charge in [-0.2, -0.15) is 0 Å². The van der Waals surface area contributed by atoms with Gasteiger partial charge in [-0.15, -0.1) is 0 Å². The largest absolute Gasteiger partial charge is 0.389 e. The lowest BCUT2D eigenvalue weighted by atomic mass is 9.75. The predicted molar refractivity (Wildman–Crippen MR) is 75.7 cm³/mol. The van der Waals surface area contributed by atoms with Crippen LogP contribution in [0.15, 0.2) is 24.3 Å².